The molecule has 8 nitrogen and oxygen atoms in total. The first-order valence-electron chi connectivity index (χ1n) is 6.22. The van der Waals surface area contributed by atoms with E-state index < -0.39 is 18.6 Å². The van der Waals surface area contributed by atoms with E-state index in [2.05, 4.69) is 17.1 Å². The van der Waals surface area contributed by atoms with Crippen LogP contribution < -0.4 is 20.6 Å². The van der Waals surface area contributed by atoms with Gasteiger partial charge in [0.25, 0.3) is 0 Å². The molecular weight excluding hydrogens is 290 g/mol. The molecular formula is C14H17N3O5. The molecule has 0 spiro atoms. The van der Waals surface area contributed by atoms with Gasteiger partial charge < -0.3 is 20.3 Å². The van der Waals surface area contributed by atoms with Gasteiger partial charge in [-0.25, -0.2) is 15.0 Å². The summed E-state index contributed by atoms with van der Waals surface area (Å²) in [7, 11) is 1.43. The van der Waals surface area contributed by atoms with Gasteiger partial charge in [0.1, 0.15) is 0 Å². The minimum atomic E-state index is -1.09. The highest BCUT2D eigenvalue weighted by Gasteiger charge is 2.13. The van der Waals surface area contributed by atoms with E-state index in [9.17, 15) is 9.59 Å². The number of methoxy groups -OCH3 is 1. The number of carboxylic acid groups (broad SMARTS) is 1. The van der Waals surface area contributed by atoms with Gasteiger partial charge in [0, 0.05) is 5.56 Å². The van der Waals surface area contributed by atoms with Crippen LogP contribution in [0, 0.1) is 0 Å². The number of hydrazone groups is 1. The van der Waals surface area contributed by atoms with Gasteiger partial charge in [0.05, 0.1) is 13.3 Å². The summed E-state index contributed by atoms with van der Waals surface area (Å²) in [5, 5.41) is 12.4. The third kappa shape index (κ3) is 5.16. The number of urea groups is 1. The average Bonchev–Trinajstić information content (AvgIpc) is 2.45. The molecule has 0 saturated carbocycles. The zero-order valence-electron chi connectivity index (χ0n) is 12.0. The average molecular weight is 307 g/mol. The monoisotopic (exact) mass is 307 g/mol. The van der Waals surface area contributed by atoms with Crippen molar-refractivity contribution in [2.45, 2.75) is 6.42 Å². The molecule has 0 aliphatic carbocycles. The lowest BCUT2D eigenvalue weighted by atomic mass is 10.1. The van der Waals surface area contributed by atoms with E-state index in [1.165, 1.54) is 13.3 Å². The maximum atomic E-state index is 10.7. The standard InChI is InChI=1S/C14H17N3O5/c1-3-4-10-5-9(7-16-17-14(15)20)6-11(21-2)13(10)22-8-12(18)19/h3,5-7H,1,4,8H2,2H3,(H,18,19)(H3,15,17,20)/b16-7-. The lowest BCUT2D eigenvalue weighted by molar-refractivity contribution is -0.139. The molecule has 0 aromatic heterocycles. The number of carboxylic acids is 1. The van der Waals surface area contributed by atoms with Gasteiger partial charge in [-0.2, -0.15) is 5.10 Å². The molecule has 0 saturated heterocycles. The number of nitrogens with one attached hydrogen (secondary N) is 1. The maximum absolute atomic E-state index is 10.7. The lowest BCUT2D eigenvalue weighted by Gasteiger charge is -2.14. The number of allylic oxidation sites excluding steroid dienone is 1. The Hall–Kier alpha value is -3.03. The zero-order chi connectivity index (χ0) is 16.5. The summed E-state index contributed by atoms with van der Waals surface area (Å²) < 4.78 is 10.5. The number of nitrogens with zero attached hydrogens (tertiary/aromatic N) is 1. The first-order chi connectivity index (χ1) is 10.5. The van der Waals surface area contributed by atoms with Crippen LogP contribution in [0.5, 0.6) is 11.5 Å². The molecule has 0 unspecified atom stereocenters. The van der Waals surface area contributed by atoms with Gasteiger partial charge in [-0.15, -0.1) is 6.58 Å². The Bertz CT molecular complexity index is 598. The Kier molecular flexibility index (Phi) is 6.42. The molecule has 4 N–H and O–H groups in total. The van der Waals surface area contributed by atoms with Gasteiger partial charge in [-0.3, -0.25) is 0 Å². The number of ether oxygens (including phenoxy) is 2. The second-order valence-corrected chi connectivity index (χ2v) is 4.12. The van der Waals surface area contributed by atoms with Crippen molar-refractivity contribution in [2.24, 2.45) is 10.8 Å². The van der Waals surface area contributed by atoms with Crippen molar-refractivity contribution in [3.05, 3.63) is 35.9 Å². The van der Waals surface area contributed by atoms with E-state index >= 15 is 0 Å². The third-order valence-corrected chi connectivity index (χ3v) is 2.47. The van der Waals surface area contributed by atoms with E-state index in [4.69, 9.17) is 20.3 Å². The van der Waals surface area contributed by atoms with E-state index in [0.717, 1.165) is 0 Å². The molecule has 0 radical (unpaired) electrons. The number of amides is 2. The smallest absolute Gasteiger partial charge is 0.341 e. The number of benzene rings is 1. The number of hydrogen-bond acceptors (Lipinski definition) is 5. The largest absolute Gasteiger partial charge is 0.493 e. The highest BCUT2D eigenvalue weighted by atomic mass is 16.5. The van der Waals surface area contributed by atoms with Gasteiger partial charge >= 0.3 is 12.0 Å². The molecule has 0 aliphatic heterocycles. The molecule has 0 fully saturated rings. The van der Waals surface area contributed by atoms with Crippen molar-refractivity contribution >= 4 is 18.2 Å². The van der Waals surface area contributed by atoms with Crippen LogP contribution in [0.25, 0.3) is 0 Å². The Morgan fingerprint density at radius 2 is 2.23 bits per heavy atom. The summed E-state index contributed by atoms with van der Waals surface area (Å²) in [6.45, 7) is 3.15. The van der Waals surface area contributed by atoms with Gasteiger partial charge in [-0.1, -0.05) is 6.08 Å². The van der Waals surface area contributed by atoms with Crippen LogP contribution in [0.4, 0.5) is 4.79 Å². The zero-order valence-corrected chi connectivity index (χ0v) is 12.0. The number of primary amides is 1. The quantitative estimate of drug-likeness (QED) is 0.374. The molecule has 2 amide bonds. The van der Waals surface area contributed by atoms with Crippen molar-refractivity contribution in [1.82, 2.24) is 5.43 Å². The SMILES string of the molecule is C=CCc1cc(/C=N\NC(N)=O)cc(OC)c1OCC(=O)O. The Morgan fingerprint density at radius 1 is 1.50 bits per heavy atom. The number of carbonyl (C=O) groups is 2. The normalized spacial score (nSPS) is 10.2. The number of aliphatic carboxylic acids is 1. The molecule has 1 rings (SSSR count). The summed E-state index contributed by atoms with van der Waals surface area (Å²) in [6, 6.07) is 2.53. The summed E-state index contributed by atoms with van der Waals surface area (Å²) in [5.74, 6) is -0.422. The fourth-order valence-corrected chi connectivity index (χ4v) is 1.69. The molecule has 22 heavy (non-hydrogen) atoms. The van der Waals surface area contributed by atoms with E-state index in [0.29, 0.717) is 29.0 Å². The number of hydrogen-bond donors (Lipinski definition) is 3. The second-order valence-electron chi connectivity index (χ2n) is 4.12. The Labute approximate surface area is 127 Å². The highest BCUT2D eigenvalue weighted by Crippen LogP contribution is 2.33. The van der Waals surface area contributed by atoms with Crippen molar-refractivity contribution in [2.75, 3.05) is 13.7 Å². The number of nitrogens with two attached hydrogens (primary N) is 1. The molecule has 0 atom stereocenters. The lowest BCUT2D eigenvalue weighted by Crippen LogP contribution is -2.24. The van der Waals surface area contributed by atoms with Gasteiger partial charge in [-0.05, 0) is 24.1 Å². The van der Waals surface area contributed by atoms with Crippen molar-refractivity contribution in [3.63, 3.8) is 0 Å². The highest BCUT2D eigenvalue weighted by molar-refractivity contribution is 5.83. The summed E-state index contributed by atoms with van der Waals surface area (Å²) in [5.41, 5.74) is 8.27. The molecule has 1 aromatic rings. The molecule has 118 valence electrons. The van der Waals surface area contributed by atoms with Crippen LogP contribution in [0.1, 0.15) is 11.1 Å². The maximum Gasteiger partial charge on any atom is 0.341 e. The van der Waals surface area contributed by atoms with Crippen molar-refractivity contribution < 1.29 is 24.2 Å². The Morgan fingerprint density at radius 3 is 2.77 bits per heavy atom. The molecule has 8 heteroatoms. The predicted octanol–water partition coefficient (Wildman–Crippen LogP) is 0.889. The van der Waals surface area contributed by atoms with Crippen molar-refractivity contribution in [3.8, 4) is 11.5 Å². The minimum absolute atomic E-state index is 0.324. The van der Waals surface area contributed by atoms with Crippen LogP contribution in [0.2, 0.25) is 0 Å². The van der Waals surface area contributed by atoms with Crippen LogP contribution in [-0.4, -0.2) is 37.0 Å². The Balaban J connectivity index is 3.15. The topological polar surface area (TPSA) is 123 Å². The first-order valence-corrected chi connectivity index (χ1v) is 6.22. The molecule has 1 aromatic carbocycles. The molecule has 0 heterocycles. The molecule has 0 aliphatic rings. The van der Waals surface area contributed by atoms with Crippen molar-refractivity contribution in [1.29, 1.82) is 0 Å². The van der Waals surface area contributed by atoms with Crippen LogP contribution in [-0.2, 0) is 11.2 Å². The van der Waals surface area contributed by atoms with Crippen LogP contribution >= 0.6 is 0 Å². The predicted molar refractivity (Wildman–Crippen MR) is 80.3 cm³/mol. The fraction of sp³-hybridized carbons (Fsp3) is 0.214. The molecule has 0 bridgehead atoms. The minimum Gasteiger partial charge on any atom is -0.493 e. The summed E-state index contributed by atoms with van der Waals surface area (Å²) in [4.78, 5) is 21.2. The van der Waals surface area contributed by atoms with Crippen LogP contribution in [0.3, 0.4) is 0 Å². The van der Waals surface area contributed by atoms with Crippen LogP contribution in [0.15, 0.2) is 29.9 Å². The third-order valence-electron chi connectivity index (χ3n) is 2.47. The van der Waals surface area contributed by atoms with E-state index in [1.54, 1.807) is 18.2 Å². The summed E-state index contributed by atoms with van der Waals surface area (Å²) in [6.07, 6.45) is 3.46. The summed E-state index contributed by atoms with van der Waals surface area (Å²) >= 11 is 0. The second kappa shape index (κ2) is 8.30. The van der Waals surface area contributed by atoms with E-state index in [1.807, 2.05) is 0 Å². The number of carbonyl (C=O) groups excluding carboxylic acids is 1. The van der Waals surface area contributed by atoms with Gasteiger partial charge in [0.2, 0.25) is 0 Å². The van der Waals surface area contributed by atoms with Gasteiger partial charge in [0.15, 0.2) is 18.1 Å². The fourth-order valence-electron chi connectivity index (χ4n) is 1.69. The first kappa shape index (κ1) is 17.0. The van der Waals surface area contributed by atoms with E-state index in [-0.39, 0.29) is 0 Å². The number of rotatable bonds is 8.